The number of halogens is 2. The van der Waals surface area contributed by atoms with Gasteiger partial charge in [-0.3, -0.25) is 10.8 Å². The van der Waals surface area contributed by atoms with Gasteiger partial charge in [0.25, 0.3) is 0 Å². The highest BCUT2D eigenvalue weighted by Gasteiger charge is 2.20. The first-order valence-corrected chi connectivity index (χ1v) is 5.85. The highest BCUT2D eigenvalue weighted by Crippen LogP contribution is 2.35. The van der Waals surface area contributed by atoms with Crippen LogP contribution in [0.3, 0.4) is 0 Å². The van der Waals surface area contributed by atoms with Crippen LogP contribution >= 0.6 is 11.6 Å². The molecule has 0 saturated heterocycles. The molecule has 17 heavy (non-hydrogen) atoms. The molecule has 0 saturated carbocycles. The Morgan fingerprint density at radius 3 is 2.94 bits per heavy atom. The van der Waals surface area contributed by atoms with Gasteiger partial charge in [0.1, 0.15) is 5.82 Å². The lowest BCUT2D eigenvalue weighted by molar-refractivity contribution is 0.630. The van der Waals surface area contributed by atoms with Gasteiger partial charge in [0.05, 0.1) is 16.2 Å². The summed E-state index contributed by atoms with van der Waals surface area (Å²) in [5, 5.41) is 0.869. The summed E-state index contributed by atoms with van der Waals surface area (Å²) in [6.07, 6.45) is 2.93. The zero-order valence-corrected chi connectivity index (χ0v) is 9.81. The maximum Gasteiger partial charge on any atom is 0.143 e. The number of fused-ring (bicyclic) bond motifs is 2. The molecule has 0 radical (unpaired) electrons. The largest absolute Gasteiger partial charge is 0.323 e. The molecular weight excluding hydrogens is 241 g/mol. The number of pyridine rings is 1. The number of hydrogen-bond acceptors (Lipinski definition) is 3. The summed E-state index contributed by atoms with van der Waals surface area (Å²) in [7, 11) is 0. The minimum Gasteiger partial charge on any atom is -0.323 e. The van der Waals surface area contributed by atoms with E-state index in [4.69, 9.17) is 17.4 Å². The van der Waals surface area contributed by atoms with Gasteiger partial charge < -0.3 is 5.43 Å². The van der Waals surface area contributed by atoms with Crippen LogP contribution in [0.15, 0.2) is 12.1 Å². The van der Waals surface area contributed by atoms with Crippen LogP contribution in [-0.2, 0) is 12.8 Å². The van der Waals surface area contributed by atoms with E-state index < -0.39 is 5.82 Å². The first-order valence-electron chi connectivity index (χ1n) is 5.48. The van der Waals surface area contributed by atoms with Crippen molar-refractivity contribution in [2.24, 2.45) is 5.84 Å². The second-order valence-electron chi connectivity index (χ2n) is 4.19. The van der Waals surface area contributed by atoms with E-state index in [2.05, 4.69) is 10.4 Å². The predicted octanol–water partition coefficient (Wildman–Crippen LogP) is 2.80. The lowest BCUT2D eigenvalue weighted by Crippen LogP contribution is -2.10. The molecule has 0 spiro atoms. The third-order valence-electron chi connectivity index (χ3n) is 3.20. The van der Waals surface area contributed by atoms with Crippen molar-refractivity contribution in [3.8, 4) is 0 Å². The molecule has 0 fully saturated rings. The number of rotatable bonds is 1. The highest BCUT2D eigenvalue weighted by molar-refractivity contribution is 6.31. The first-order chi connectivity index (χ1) is 8.20. The third kappa shape index (κ3) is 1.56. The average molecular weight is 252 g/mol. The SMILES string of the molecule is NNc1c2c(nc3cc(F)c(Cl)cc13)CCC2. The highest BCUT2D eigenvalue weighted by atomic mass is 35.5. The summed E-state index contributed by atoms with van der Waals surface area (Å²) in [4.78, 5) is 4.47. The quantitative estimate of drug-likeness (QED) is 0.605. The van der Waals surface area contributed by atoms with Crippen molar-refractivity contribution in [1.82, 2.24) is 4.98 Å². The zero-order valence-electron chi connectivity index (χ0n) is 9.06. The molecule has 0 unspecified atom stereocenters. The number of nitrogens with one attached hydrogen (secondary N) is 1. The van der Waals surface area contributed by atoms with Gasteiger partial charge in [-0.05, 0) is 30.9 Å². The molecule has 2 aromatic rings. The molecule has 0 bridgehead atoms. The van der Waals surface area contributed by atoms with Crippen LogP contribution in [0.1, 0.15) is 17.7 Å². The van der Waals surface area contributed by atoms with Crippen molar-refractivity contribution in [2.45, 2.75) is 19.3 Å². The molecule has 1 aromatic carbocycles. The minimum atomic E-state index is -0.451. The molecule has 3 nitrogen and oxygen atoms in total. The fourth-order valence-electron chi connectivity index (χ4n) is 2.42. The van der Waals surface area contributed by atoms with Crippen LogP contribution < -0.4 is 11.3 Å². The number of anilines is 1. The third-order valence-corrected chi connectivity index (χ3v) is 3.49. The second kappa shape index (κ2) is 3.82. The lowest BCUT2D eigenvalue weighted by Gasteiger charge is -2.12. The monoisotopic (exact) mass is 251 g/mol. The van der Waals surface area contributed by atoms with Gasteiger partial charge in [0.15, 0.2) is 0 Å². The number of aryl methyl sites for hydroxylation is 1. The number of aromatic nitrogens is 1. The van der Waals surface area contributed by atoms with Crippen LogP contribution in [0.25, 0.3) is 10.9 Å². The van der Waals surface area contributed by atoms with E-state index >= 15 is 0 Å². The van der Waals surface area contributed by atoms with E-state index in [-0.39, 0.29) is 5.02 Å². The molecule has 0 aliphatic heterocycles. The number of nitrogens with two attached hydrogens (primary N) is 1. The summed E-state index contributed by atoms with van der Waals surface area (Å²) in [6, 6.07) is 2.93. The molecule has 0 atom stereocenters. The van der Waals surface area contributed by atoms with Crippen LogP contribution in [0.4, 0.5) is 10.1 Å². The number of nitrogen functional groups attached to an aromatic ring is 1. The summed E-state index contributed by atoms with van der Waals surface area (Å²) in [5.74, 6) is 5.11. The van der Waals surface area contributed by atoms with Crippen molar-refractivity contribution in [1.29, 1.82) is 0 Å². The van der Waals surface area contributed by atoms with Gasteiger partial charge in [-0.2, -0.15) is 0 Å². The second-order valence-corrected chi connectivity index (χ2v) is 4.60. The molecule has 1 aliphatic carbocycles. The summed E-state index contributed by atoms with van der Waals surface area (Å²) in [6.45, 7) is 0. The Bertz CT molecular complexity index is 612. The van der Waals surface area contributed by atoms with Gasteiger partial charge in [-0.1, -0.05) is 11.6 Å². The van der Waals surface area contributed by atoms with Crippen LogP contribution in [0.2, 0.25) is 5.02 Å². The topological polar surface area (TPSA) is 50.9 Å². The van der Waals surface area contributed by atoms with Crippen LogP contribution in [0, 0.1) is 5.82 Å². The number of hydrogen-bond donors (Lipinski definition) is 2. The molecule has 3 rings (SSSR count). The Morgan fingerprint density at radius 2 is 2.18 bits per heavy atom. The van der Waals surface area contributed by atoms with Crippen molar-refractivity contribution in [3.05, 3.63) is 34.2 Å². The molecule has 1 aliphatic rings. The maximum atomic E-state index is 13.4. The van der Waals surface area contributed by atoms with Crippen molar-refractivity contribution in [3.63, 3.8) is 0 Å². The van der Waals surface area contributed by atoms with Gasteiger partial charge in [-0.25, -0.2) is 4.39 Å². The zero-order chi connectivity index (χ0) is 12.0. The predicted molar refractivity (Wildman–Crippen MR) is 66.5 cm³/mol. The maximum absolute atomic E-state index is 13.4. The molecule has 5 heteroatoms. The van der Waals surface area contributed by atoms with E-state index in [1.165, 1.54) is 6.07 Å². The van der Waals surface area contributed by atoms with E-state index in [0.29, 0.717) is 5.52 Å². The van der Waals surface area contributed by atoms with E-state index in [1.807, 2.05) is 0 Å². The number of hydrazine groups is 1. The average Bonchev–Trinajstić information content (AvgIpc) is 2.75. The van der Waals surface area contributed by atoms with Crippen LogP contribution in [-0.4, -0.2) is 4.98 Å². The van der Waals surface area contributed by atoms with Gasteiger partial charge >= 0.3 is 0 Å². The summed E-state index contributed by atoms with van der Waals surface area (Å²) < 4.78 is 13.4. The normalized spacial score (nSPS) is 14.1. The molecule has 3 N–H and O–H groups in total. The summed E-state index contributed by atoms with van der Waals surface area (Å²) in [5.41, 5.74) is 6.25. The van der Waals surface area contributed by atoms with E-state index in [9.17, 15) is 4.39 Å². The van der Waals surface area contributed by atoms with Crippen molar-refractivity contribution in [2.75, 3.05) is 5.43 Å². The Morgan fingerprint density at radius 1 is 1.35 bits per heavy atom. The van der Waals surface area contributed by atoms with Crippen molar-refractivity contribution < 1.29 is 4.39 Å². The van der Waals surface area contributed by atoms with E-state index in [1.54, 1.807) is 6.07 Å². The van der Waals surface area contributed by atoms with E-state index in [0.717, 1.165) is 41.6 Å². The number of nitrogens with zero attached hydrogens (tertiary/aromatic N) is 1. The Labute approximate surface area is 103 Å². The molecule has 1 heterocycles. The Balaban J connectivity index is 2.41. The van der Waals surface area contributed by atoms with Crippen LogP contribution in [0.5, 0.6) is 0 Å². The Kier molecular flexibility index (Phi) is 2.42. The fourth-order valence-corrected chi connectivity index (χ4v) is 2.59. The van der Waals surface area contributed by atoms with Gasteiger partial charge in [-0.15, -0.1) is 0 Å². The van der Waals surface area contributed by atoms with Crippen molar-refractivity contribution >= 4 is 28.2 Å². The molecule has 1 aromatic heterocycles. The summed E-state index contributed by atoms with van der Waals surface area (Å²) >= 11 is 5.80. The molecular formula is C12H11ClFN3. The lowest BCUT2D eigenvalue weighted by atomic mass is 10.1. The van der Waals surface area contributed by atoms with Gasteiger partial charge in [0.2, 0.25) is 0 Å². The number of benzene rings is 1. The Hall–Kier alpha value is -1.39. The van der Waals surface area contributed by atoms with Gasteiger partial charge in [0, 0.05) is 17.1 Å². The molecule has 0 amide bonds. The smallest absolute Gasteiger partial charge is 0.143 e. The first kappa shape index (κ1) is 10.7. The minimum absolute atomic E-state index is 0.0914. The molecule has 88 valence electrons. The standard InChI is InChI=1S/C12H11ClFN3/c13-8-4-7-11(5-9(8)14)16-10-3-1-2-6(10)12(7)17-15/h4-5H,1-3,15H2,(H,16,17). The fraction of sp³-hybridized carbons (Fsp3) is 0.250.